The average molecular weight is 277 g/mol. The van der Waals surface area contributed by atoms with Crippen LogP contribution in [0.3, 0.4) is 0 Å². The average Bonchev–Trinajstić information content (AvgIpc) is 2.47. The third-order valence-corrected chi connectivity index (χ3v) is 3.20. The van der Waals surface area contributed by atoms with E-state index in [9.17, 15) is 5.11 Å². The molecule has 4 nitrogen and oxygen atoms in total. The summed E-state index contributed by atoms with van der Waals surface area (Å²) in [5, 5.41) is 10.1. The first-order chi connectivity index (χ1) is 10.1. The molecule has 0 atom stereocenters. The zero-order valence-corrected chi connectivity index (χ0v) is 11.9. The molecular formula is C17H15N3O. The van der Waals surface area contributed by atoms with Crippen molar-refractivity contribution >= 4 is 0 Å². The molecule has 0 radical (unpaired) electrons. The summed E-state index contributed by atoms with van der Waals surface area (Å²) in [6.07, 6.45) is 0. The zero-order valence-electron chi connectivity index (χ0n) is 11.9. The highest BCUT2D eigenvalue weighted by molar-refractivity contribution is 5.74. The van der Waals surface area contributed by atoms with Crippen molar-refractivity contribution in [3.8, 4) is 28.3 Å². The van der Waals surface area contributed by atoms with Crippen LogP contribution in [-0.4, -0.2) is 20.1 Å². The molecule has 2 aromatic carbocycles. The first-order valence-electron chi connectivity index (χ1n) is 6.71. The Bertz CT molecular complexity index is 765. The Morgan fingerprint density at radius 3 is 2.10 bits per heavy atom. The number of rotatable bonds is 2. The van der Waals surface area contributed by atoms with Gasteiger partial charge in [0.1, 0.15) is 17.4 Å². The molecule has 1 aromatic heterocycles. The second kappa shape index (κ2) is 5.32. The van der Waals surface area contributed by atoms with Crippen LogP contribution in [0.1, 0.15) is 11.6 Å². The van der Waals surface area contributed by atoms with Crippen molar-refractivity contribution in [1.82, 2.24) is 15.0 Å². The Morgan fingerprint density at radius 2 is 1.43 bits per heavy atom. The molecule has 4 heteroatoms. The molecule has 0 saturated heterocycles. The van der Waals surface area contributed by atoms with Gasteiger partial charge in [-0.2, -0.15) is 0 Å². The summed E-state index contributed by atoms with van der Waals surface area (Å²) in [6.45, 7) is 3.63. The Hall–Kier alpha value is -2.75. The molecule has 0 aliphatic heterocycles. The van der Waals surface area contributed by atoms with E-state index in [1.54, 1.807) is 6.07 Å². The van der Waals surface area contributed by atoms with Crippen molar-refractivity contribution in [2.24, 2.45) is 0 Å². The van der Waals surface area contributed by atoms with E-state index >= 15 is 0 Å². The Balaban J connectivity index is 2.14. The zero-order chi connectivity index (χ0) is 14.8. The van der Waals surface area contributed by atoms with Crippen LogP contribution in [-0.2, 0) is 0 Å². The second-order valence-electron chi connectivity index (χ2n) is 4.85. The lowest BCUT2D eigenvalue weighted by atomic mass is 10.0. The maximum Gasteiger partial charge on any atom is 0.167 e. The van der Waals surface area contributed by atoms with E-state index < -0.39 is 0 Å². The number of aryl methyl sites for hydroxylation is 2. The van der Waals surface area contributed by atoms with Crippen LogP contribution in [0, 0.1) is 13.8 Å². The lowest BCUT2D eigenvalue weighted by molar-refractivity contribution is 0.477. The van der Waals surface area contributed by atoms with E-state index in [0.717, 1.165) is 11.1 Å². The summed E-state index contributed by atoms with van der Waals surface area (Å²) in [6, 6.07) is 15.5. The number of aromatic nitrogens is 3. The van der Waals surface area contributed by atoms with E-state index in [-0.39, 0.29) is 5.75 Å². The lowest BCUT2D eigenvalue weighted by Gasteiger charge is -2.08. The molecule has 0 unspecified atom stereocenters. The molecule has 0 aliphatic rings. The van der Waals surface area contributed by atoms with Crippen molar-refractivity contribution in [1.29, 1.82) is 0 Å². The summed E-state index contributed by atoms with van der Waals surface area (Å²) in [4.78, 5) is 12.8. The van der Waals surface area contributed by atoms with Crippen LogP contribution in [0.25, 0.3) is 22.5 Å². The first-order valence-corrected chi connectivity index (χ1v) is 6.71. The van der Waals surface area contributed by atoms with Crippen molar-refractivity contribution in [2.75, 3.05) is 0 Å². The molecule has 0 bridgehead atoms. The SMILES string of the molecule is Cc1nc(C)nc(-c2cc(-c3ccccc3)ccc2O)n1. The molecule has 0 aliphatic carbocycles. The fraction of sp³-hybridized carbons (Fsp3) is 0.118. The second-order valence-corrected chi connectivity index (χ2v) is 4.85. The van der Waals surface area contributed by atoms with Gasteiger partial charge in [0.15, 0.2) is 5.82 Å². The van der Waals surface area contributed by atoms with Gasteiger partial charge in [-0.05, 0) is 37.1 Å². The van der Waals surface area contributed by atoms with Crippen molar-refractivity contribution in [3.63, 3.8) is 0 Å². The normalized spacial score (nSPS) is 10.6. The van der Waals surface area contributed by atoms with Crippen LogP contribution < -0.4 is 0 Å². The standard InChI is InChI=1S/C17H15N3O/c1-11-18-12(2)20-17(19-11)15-10-14(8-9-16(15)21)13-6-4-3-5-7-13/h3-10,21H,1-2H3. The third-order valence-electron chi connectivity index (χ3n) is 3.20. The van der Waals surface area contributed by atoms with E-state index in [1.165, 1.54) is 0 Å². The summed E-state index contributed by atoms with van der Waals surface area (Å²) >= 11 is 0. The molecular weight excluding hydrogens is 262 g/mol. The maximum atomic E-state index is 10.1. The first kappa shape index (κ1) is 13.2. The number of nitrogens with zero attached hydrogens (tertiary/aromatic N) is 3. The van der Waals surface area contributed by atoms with Crippen molar-refractivity contribution in [3.05, 3.63) is 60.2 Å². The van der Waals surface area contributed by atoms with Crippen LogP contribution in [0.2, 0.25) is 0 Å². The highest BCUT2D eigenvalue weighted by Gasteiger charge is 2.11. The van der Waals surface area contributed by atoms with Crippen molar-refractivity contribution < 1.29 is 5.11 Å². The van der Waals surface area contributed by atoms with Gasteiger partial charge in [0.05, 0.1) is 5.56 Å². The van der Waals surface area contributed by atoms with E-state index in [0.29, 0.717) is 23.0 Å². The van der Waals surface area contributed by atoms with Crippen LogP contribution in [0.5, 0.6) is 5.75 Å². The van der Waals surface area contributed by atoms with Gasteiger partial charge in [-0.1, -0.05) is 36.4 Å². The van der Waals surface area contributed by atoms with E-state index in [1.807, 2.05) is 56.3 Å². The van der Waals surface area contributed by atoms with Crippen LogP contribution >= 0.6 is 0 Å². The molecule has 3 rings (SSSR count). The topological polar surface area (TPSA) is 58.9 Å². The minimum atomic E-state index is 0.166. The molecule has 1 N–H and O–H groups in total. The quantitative estimate of drug-likeness (QED) is 0.778. The van der Waals surface area contributed by atoms with E-state index in [2.05, 4.69) is 15.0 Å². The number of aromatic hydroxyl groups is 1. The fourth-order valence-corrected chi connectivity index (χ4v) is 2.26. The Labute approximate surface area is 123 Å². The molecule has 1 heterocycles. The van der Waals surface area contributed by atoms with Crippen LogP contribution in [0.15, 0.2) is 48.5 Å². The smallest absolute Gasteiger partial charge is 0.167 e. The largest absolute Gasteiger partial charge is 0.507 e. The molecule has 0 fully saturated rings. The highest BCUT2D eigenvalue weighted by Crippen LogP contribution is 2.31. The minimum Gasteiger partial charge on any atom is -0.507 e. The monoisotopic (exact) mass is 277 g/mol. The molecule has 0 spiro atoms. The summed E-state index contributed by atoms with van der Waals surface area (Å²) in [5.74, 6) is 1.94. The van der Waals surface area contributed by atoms with Gasteiger partial charge in [0, 0.05) is 0 Å². The number of phenols is 1. The Kier molecular flexibility index (Phi) is 3.36. The van der Waals surface area contributed by atoms with Gasteiger partial charge in [0.2, 0.25) is 0 Å². The summed E-state index contributed by atoms with van der Waals surface area (Å²) < 4.78 is 0. The fourth-order valence-electron chi connectivity index (χ4n) is 2.26. The molecule has 104 valence electrons. The van der Waals surface area contributed by atoms with Gasteiger partial charge in [-0.25, -0.2) is 15.0 Å². The number of hydrogen-bond acceptors (Lipinski definition) is 4. The minimum absolute atomic E-state index is 0.166. The number of phenolic OH excluding ortho intramolecular Hbond substituents is 1. The van der Waals surface area contributed by atoms with E-state index in [4.69, 9.17) is 0 Å². The number of benzene rings is 2. The van der Waals surface area contributed by atoms with Gasteiger partial charge in [0.25, 0.3) is 0 Å². The van der Waals surface area contributed by atoms with Gasteiger partial charge in [-0.3, -0.25) is 0 Å². The van der Waals surface area contributed by atoms with Gasteiger partial charge in [-0.15, -0.1) is 0 Å². The highest BCUT2D eigenvalue weighted by atomic mass is 16.3. The number of hydrogen-bond donors (Lipinski definition) is 1. The predicted molar refractivity (Wildman–Crippen MR) is 81.8 cm³/mol. The van der Waals surface area contributed by atoms with Crippen LogP contribution in [0.4, 0.5) is 0 Å². The summed E-state index contributed by atoms with van der Waals surface area (Å²) in [7, 11) is 0. The third kappa shape index (κ3) is 2.74. The predicted octanol–water partition coefficient (Wildman–Crippen LogP) is 3.53. The molecule has 3 aromatic rings. The Morgan fingerprint density at radius 1 is 0.762 bits per heavy atom. The lowest BCUT2D eigenvalue weighted by Crippen LogP contribution is -1.99. The molecule has 0 saturated carbocycles. The van der Waals surface area contributed by atoms with Gasteiger partial charge >= 0.3 is 0 Å². The van der Waals surface area contributed by atoms with Gasteiger partial charge < -0.3 is 5.11 Å². The van der Waals surface area contributed by atoms with Crippen molar-refractivity contribution in [2.45, 2.75) is 13.8 Å². The maximum absolute atomic E-state index is 10.1. The molecule has 21 heavy (non-hydrogen) atoms. The summed E-state index contributed by atoms with van der Waals surface area (Å²) in [5.41, 5.74) is 2.71. The molecule has 0 amide bonds.